The number of guanidine groups is 1. The van der Waals surface area contributed by atoms with E-state index in [2.05, 4.69) is 53.2 Å². The number of nitrogens with one attached hydrogen (secondary N) is 11. The molecule has 26 heteroatoms. The highest BCUT2D eigenvalue weighted by molar-refractivity contribution is 8.76. The average molecular weight is 1070 g/mol. The zero-order valence-electron chi connectivity index (χ0n) is 41.3. The molecule has 2 saturated heterocycles. The molecule has 2 aliphatic rings. The summed E-state index contributed by atoms with van der Waals surface area (Å²) in [5.41, 5.74) is 5.91. The number of carbonyl (C=O) groups excluding carboxylic acids is 9. The maximum atomic E-state index is 14.4. The molecule has 2 aliphatic heterocycles. The van der Waals surface area contributed by atoms with Gasteiger partial charge in [-0.15, -0.1) is 0 Å². The van der Waals surface area contributed by atoms with E-state index in [0.717, 1.165) is 21.6 Å². The van der Waals surface area contributed by atoms with E-state index >= 15 is 0 Å². The van der Waals surface area contributed by atoms with Crippen LogP contribution in [0.15, 0.2) is 30.3 Å². The predicted octanol–water partition coefficient (Wildman–Crippen LogP) is -1.06. The second kappa shape index (κ2) is 31.8. The summed E-state index contributed by atoms with van der Waals surface area (Å²) >= 11 is 1.33. The lowest BCUT2D eigenvalue weighted by atomic mass is 10.0. The smallest absolute Gasteiger partial charge is 0.305 e. The molecule has 0 aromatic heterocycles. The van der Waals surface area contributed by atoms with Gasteiger partial charge in [-0.05, 0) is 77.2 Å². The molecule has 1 aromatic carbocycles. The molecule has 14 N–H and O–H groups in total. The van der Waals surface area contributed by atoms with Crippen molar-refractivity contribution in [1.29, 1.82) is 5.41 Å². The summed E-state index contributed by atoms with van der Waals surface area (Å²) in [6, 6.07) is -0.576. The van der Waals surface area contributed by atoms with Crippen LogP contribution in [0.5, 0.6) is 0 Å². The van der Waals surface area contributed by atoms with Crippen LogP contribution < -0.4 is 58.9 Å². The Morgan fingerprint density at radius 3 is 1.90 bits per heavy atom. The normalized spacial score (nSPS) is 24.3. The van der Waals surface area contributed by atoms with Crippen LogP contribution in [0.4, 0.5) is 0 Å². The average Bonchev–Trinajstić information content (AvgIpc) is 3.31. The number of benzene rings is 1. The number of carbonyl (C=O) groups is 10. The van der Waals surface area contributed by atoms with E-state index in [9.17, 15) is 53.1 Å². The Morgan fingerprint density at radius 2 is 1.29 bits per heavy atom. The number of hydrogen-bond donors (Lipinski definition) is 13. The molecule has 0 spiro atoms. The van der Waals surface area contributed by atoms with Gasteiger partial charge in [0.25, 0.3) is 0 Å². The molecule has 0 unspecified atom stereocenters. The summed E-state index contributed by atoms with van der Waals surface area (Å²) < 4.78 is 0. The number of carboxylic acid groups (broad SMARTS) is 1. The number of nitrogens with two attached hydrogens (primary N) is 1. The summed E-state index contributed by atoms with van der Waals surface area (Å²) in [5.74, 6) is -8.41. The van der Waals surface area contributed by atoms with Gasteiger partial charge in [0, 0.05) is 48.6 Å². The quantitative estimate of drug-likeness (QED) is 0.0431. The van der Waals surface area contributed by atoms with E-state index in [-0.39, 0.29) is 79.6 Å². The fourth-order valence-electron chi connectivity index (χ4n) is 7.21. The third-order valence-electron chi connectivity index (χ3n) is 11.1. The largest absolute Gasteiger partial charge is 0.481 e. The van der Waals surface area contributed by atoms with E-state index in [1.807, 2.05) is 20.8 Å². The topological polar surface area (TPSA) is 361 Å². The summed E-state index contributed by atoms with van der Waals surface area (Å²) in [4.78, 5) is 137. The van der Waals surface area contributed by atoms with Gasteiger partial charge in [-0.3, -0.25) is 53.4 Å². The number of ketones is 1. The first kappa shape index (κ1) is 60.7. The van der Waals surface area contributed by atoms with Crippen molar-refractivity contribution >= 4 is 98.3 Å². The van der Waals surface area contributed by atoms with Crippen LogP contribution >= 0.6 is 33.3 Å². The lowest BCUT2D eigenvalue weighted by Gasteiger charge is -2.27. The number of aliphatic carboxylic acids is 1. The Hall–Kier alpha value is -5.60. The summed E-state index contributed by atoms with van der Waals surface area (Å²) in [5, 5.41) is 44.1. The van der Waals surface area contributed by atoms with E-state index in [0.29, 0.717) is 37.1 Å². The summed E-state index contributed by atoms with van der Waals surface area (Å²) in [6.45, 7) is 7.69. The van der Waals surface area contributed by atoms with Gasteiger partial charge >= 0.3 is 5.97 Å². The van der Waals surface area contributed by atoms with Crippen molar-refractivity contribution in [2.24, 2.45) is 5.73 Å². The number of unbranched alkanes of at least 4 members (excludes halogenated alkanes) is 1. The van der Waals surface area contributed by atoms with Gasteiger partial charge in [0.15, 0.2) is 11.7 Å². The van der Waals surface area contributed by atoms with Gasteiger partial charge < -0.3 is 64.0 Å². The highest BCUT2D eigenvalue weighted by Crippen LogP contribution is 2.24. The Morgan fingerprint density at radius 1 is 0.708 bits per heavy atom. The first-order valence-corrected chi connectivity index (χ1v) is 27.6. The van der Waals surface area contributed by atoms with E-state index in [1.54, 1.807) is 37.3 Å². The number of fused-ring (bicyclic) bond motifs is 5. The fraction of sp³-hybridized carbons (Fsp3) is 0.630. The minimum Gasteiger partial charge on any atom is -0.481 e. The Balaban J connectivity index is 2.12. The molecular formula is C46H72N12O11S3. The van der Waals surface area contributed by atoms with Crippen molar-refractivity contribution in [3.63, 3.8) is 0 Å². The van der Waals surface area contributed by atoms with Crippen LogP contribution in [-0.4, -0.2) is 161 Å². The Labute approximate surface area is 432 Å². The first-order chi connectivity index (χ1) is 34.1. The van der Waals surface area contributed by atoms with Gasteiger partial charge in [-0.1, -0.05) is 58.8 Å². The minimum atomic E-state index is -1.75. The lowest BCUT2D eigenvalue weighted by molar-refractivity contribution is -0.141. The third kappa shape index (κ3) is 23.7. The third-order valence-corrected chi connectivity index (χ3v) is 14.6. The van der Waals surface area contributed by atoms with Crippen molar-refractivity contribution in [3.8, 4) is 0 Å². The first-order valence-electron chi connectivity index (χ1n) is 24.0. The second-order valence-electron chi connectivity index (χ2n) is 18.3. The van der Waals surface area contributed by atoms with Crippen molar-refractivity contribution in [1.82, 2.24) is 53.2 Å². The molecule has 2 bridgehead atoms. The molecule has 1 aromatic rings. The molecule has 2 fully saturated rings. The van der Waals surface area contributed by atoms with Crippen LogP contribution in [0.3, 0.4) is 0 Å². The molecule has 23 nitrogen and oxygen atoms in total. The molecule has 400 valence electrons. The summed E-state index contributed by atoms with van der Waals surface area (Å²) in [7, 11) is 1.98. The standard InChI is InChI=1S/C46H72N12O11S3/c1-5-35(59)32-24-70-20-12-17-36(60)52-29(15-9-10-19-51-46(2,3)4)40(65)57-33-25-71-72-26-34(44(69)55-30(41(66)56-32)21-27-13-7-6-8-14-27)58-42(67)31(22-38(62)63)53-37(61)23-50-39(64)28(54-43(33)68)16-11-18-49-45(47)48/h6-8,13-14,28-34,51H,5,9-12,15-26H2,1-4H3,(H,50,64)(H,52,60)(H,53,61)(H,54,68)(H,55,69)(H,56,66)(H,57,65)(H,58,67)(H,62,63)(H4,47,48,49)/t28-,29-,30-,31-,32-,33-,34-/m0/s1. The Bertz CT molecular complexity index is 2050. The number of Topliss-reactive ketones (excluding diaryl/α,β-unsaturated/α-hetero) is 1. The number of thioether (sulfide) groups is 1. The SMILES string of the molecule is CCC(=O)[C@@H]1CSCCCC(=O)N[C@@H](CCCCNC(C)(C)C)C(=O)N[C@H]2CSSC[C@H](NC(=O)[C@H](CC(=O)O)NC(=O)CNC(=O)[C@H](CCCNC(=N)N)NC2=O)C(=O)N[C@@H](Cc2ccccc2)C(=O)N1. The van der Waals surface area contributed by atoms with E-state index < -0.39 is 108 Å². The maximum absolute atomic E-state index is 14.4. The zero-order valence-corrected chi connectivity index (χ0v) is 43.7. The second-order valence-corrected chi connectivity index (χ2v) is 22.0. The number of carboxylic acids is 1. The molecule has 0 radical (unpaired) electrons. The van der Waals surface area contributed by atoms with Crippen LogP contribution in [0.2, 0.25) is 0 Å². The van der Waals surface area contributed by atoms with Crippen molar-refractivity contribution in [2.75, 3.05) is 42.6 Å². The molecular weight excluding hydrogens is 993 g/mol. The molecule has 0 saturated carbocycles. The van der Waals surface area contributed by atoms with Gasteiger partial charge in [0.1, 0.15) is 36.3 Å². The van der Waals surface area contributed by atoms with Crippen molar-refractivity contribution < 1.29 is 53.1 Å². The van der Waals surface area contributed by atoms with Crippen LogP contribution in [0.25, 0.3) is 0 Å². The Kier molecular flexibility index (Phi) is 26.8. The molecule has 7 atom stereocenters. The van der Waals surface area contributed by atoms with E-state index in [4.69, 9.17) is 11.1 Å². The van der Waals surface area contributed by atoms with Gasteiger partial charge in [0.05, 0.1) is 19.0 Å². The number of rotatable bonds is 15. The lowest BCUT2D eigenvalue weighted by Crippen LogP contribution is -2.59. The number of amides is 8. The van der Waals surface area contributed by atoms with Gasteiger partial charge in [0.2, 0.25) is 47.3 Å². The molecule has 8 amide bonds. The number of hydrogen-bond acceptors (Lipinski definition) is 15. The highest BCUT2D eigenvalue weighted by atomic mass is 33.1. The van der Waals surface area contributed by atoms with Crippen LogP contribution in [-0.2, 0) is 54.4 Å². The highest BCUT2D eigenvalue weighted by Gasteiger charge is 2.35. The molecule has 0 aliphatic carbocycles. The van der Waals surface area contributed by atoms with Gasteiger partial charge in [-0.25, -0.2) is 0 Å². The van der Waals surface area contributed by atoms with E-state index in [1.165, 1.54) is 11.8 Å². The monoisotopic (exact) mass is 1060 g/mol. The van der Waals surface area contributed by atoms with Gasteiger partial charge in [-0.2, -0.15) is 11.8 Å². The van der Waals surface area contributed by atoms with Crippen LogP contribution in [0, 0.1) is 5.41 Å². The summed E-state index contributed by atoms with van der Waals surface area (Å²) in [6.07, 6.45) is 1.01. The molecule has 2 heterocycles. The fourth-order valence-corrected chi connectivity index (χ4v) is 10.6. The molecule has 72 heavy (non-hydrogen) atoms. The predicted molar refractivity (Wildman–Crippen MR) is 276 cm³/mol. The van der Waals surface area contributed by atoms with Crippen LogP contribution in [0.1, 0.15) is 91.0 Å². The minimum absolute atomic E-state index is 0.0186. The van der Waals surface area contributed by atoms with Crippen molar-refractivity contribution in [2.45, 2.75) is 140 Å². The maximum Gasteiger partial charge on any atom is 0.305 e. The zero-order chi connectivity index (χ0) is 53.2. The molecule has 3 rings (SSSR count). The van der Waals surface area contributed by atoms with Crippen molar-refractivity contribution in [3.05, 3.63) is 35.9 Å².